The molecule has 0 aromatic heterocycles. The molecule has 0 aliphatic rings. The van der Waals surface area contributed by atoms with Gasteiger partial charge in [0.05, 0.1) is 14.2 Å². The van der Waals surface area contributed by atoms with E-state index in [0.717, 1.165) is 32.6 Å². The molecule has 0 aliphatic carbocycles. The summed E-state index contributed by atoms with van der Waals surface area (Å²) in [6.45, 7) is 0. The molecular formula is C14H13F2NO6. The van der Waals surface area contributed by atoms with Gasteiger partial charge in [-0.25, -0.2) is 23.2 Å². The third-order valence-electron chi connectivity index (χ3n) is 2.73. The first-order valence-corrected chi connectivity index (χ1v) is 6.12. The minimum atomic E-state index is -1.67. The Labute approximate surface area is 129 Å². The number of carboxylic acids is 1. The molecule has 9 heteroatoms. The number of nitrogens with one attached hydrogen (secondary N) is 1. The van der Waals surface area contributed by atoms with Crippen molar-refractivity contribution in [3.05, 3.63) is 47.2 Å². The molecule has 0 saturated carbocycles. The predicted molar refractivity (Wildman–Crippen MR) is 72.0 cm³/mol. The first-order valence-electron chi connectivity index (χ1n) is 6.12. The number of halogens is 2. The average molecular weight is 329 g/mol. The highest BCUT2D eigenvalue weighted by molar-refractivity contribution is 6.13. The number of hydrogen-bond donors (Lipinski definition) is 2. The summed E-state index contributed by atoms with van der Waals surface area (Å²) in [4.78, 5) is 34.1. The van der Waals surface area contributed by atoms with E-state index in [4.69, 9.17) is 5.11 Å². The summed E-state index contributed by atoms with van der Waals surface area (Å²) in [6.07, 6.45) is 0.735. The number of benzene rings is 1. The van der Waals surface area contributed by atoms with Crippen molar-refractivity contribution in [2.75, 3.05) is 14.2 Å². The maximum absolute atomic E-state index is 13.7. The maximum atomic E-state index is 13.7. The van der Waals surface area contributed by atoms with Gasteiger partial charge in [0.1, 0.15) is 11.6 Å². The Kier molecular flexibility index (Phi) is 6.19. The minimum absolute atomic E-state index is 0.385. The molecule has 1 aromatic rings. The van der Waals surface area contributed by atoms with Crippen LogP contribution >= 0.6 is 0 Å². The van der Waals surface area contributed by atoms with Crippen LogP contribution in [-0.4, -0.2) is 37.2 Å². The van der Waals surface area contributed by atoms with E-state index in [1.807, 2.05) is 0 Å². The summed E-state index contributed by atoms with van der Waals surface area (Å²) in [6, 6.07) is 0.652. The fourth-order valence-corrected chi connectivity index (χ4v) is 1.62. The Balaban J connectivity index is 3.17. The van der Waals surface area contributed by atoms with Gasteiger partial charge in [0, 0.05) is 17.8 Å². The van der Waals surface area contributed by atoms with Crippen molar-refractivity contribution in [1.29, 1.82) is 0 Å². The molecule has 0 radical (unpaired) electrons. The van der Waals surface area contributed by atoms with Crippen molar-refractivity contribution in [3.8, 4) is 0 Å². The van der Waals surface area contributed by atoms with Gasteiger partial charge in [0.25, 0.3) is 0 Å². The third kappa shape index (κ3) is 4.50. The molecular weight excluding hydrogens is 316 g/mol. The fourth-order valence-electron chi connectivity index (χ4n) is 1.62. The highest BCUT2D eigenvalue weighted by atomic mass is 19.1. The number of hydrogen-bond acceptors (Lipinski definition) is 6. The van der Waals surface area contributed by atoms with Crippen LogP contribution in [0.15, 0.2) is 30.0 Å². The Morgan fingerprint density at radius 2 is 1.74 bits per heavy atom. The zero-order valence-electron chi connectivity index (χ0n) is 12.1. The van der Waals surface area contributed by atoms with E-state index >= 15 is 0 Å². The number of ether oxygens (including phenoxy) is 2. The lowest BCUT2D eigenvalue weighted by molar-refractivity contribution is -0.144. The molecule has 0 spiro atoms. The molecule has 1 atom stereocenters. The van der Waals surface area contributed by atoms with Crippen LogP contribution in [0, 0.1) is 11.6 Å². The van der Waals surface area contributed by atoms with E-state index in [9.17, 15) is 23.2 Å². The van der Waals surface area contributed by atoms with Gasteiger partial charge in [-0.1, -0.05) is 6.07 Å². The van der Waals surface area contributed by atoms with Gasteiger partial charge in [0.2, 0.25) is 0 Å². The van der Waals surface area contributed by atoms with Crippen LogP contribution in [0.5, 0.6) is 0 Å². The summed E-state index contributed by atoms with van der Waals surface area (Å²) in [5.74, 6) is -5.64. The van der Waals surface area contributed by atoms with Gasteiger partial charge in [-0.15, -0.1) is 0 Å². The van der Waals surface area contributed by atoms with Crippen LogP contribution in [0.25, 0.3) is 0 Å². The normalized spacial score (nSPS) is 11.1. The monoisotopic (exact) mass is 329 g/mol. The molecule has 124 valence electrons. The lowest BCUT2D eigenvalue weighted by Crippen LogP contribution is -2.28. The molecule has 2 N–H and O–H groups in total. The van der Waals surface area contributed by atoms with Crippen molar-refractivity contribution >= 4 is 17.9 Å². The number of esters is 2. The first kappa shape index (κ1) is 18.1. The molecule has 7 nitrogen and oxygen atoms in total. The fraction of sp³-hybridized carbons (Fsp3) is 0.214. The first-order chi connectivity index (χ1) is 10.8. The molecule has 0 heterocycles. The Hall–Kier alpha value is -2.97. The number of aliphatic carboxylic acids is 1. The lowest BCUT2D eigenvalue weighted by atomic mass is 10.1. The molecule has 23 heavy (non-hydrogen) atoms. The lowest BCUT2D eigenvalue weighted by Gasteiger charge is -2.14. The quantitative estimate of drug-likeness (QED) is 0.346. The van der Waals surface area contributed by atoms with E-state index in [2.05, 4.69) is 14.8 Å². The summed E-state index contributed by atoms with van der Waals surface area (Å²) in [5, 5.41) is 11.3. The minimum Gasteiger partial charge on any atom is -0.479 e. The second kappa shape index (κ2) is 7.87. The second-order valence-corrected chi connectivity index (χ2v) is 4.14. The van der Waals surface area contributed by atoms with E-state index in [0.29, 0.717) is 6.07 Å². The molecule has 0 saturated heterocycles. The highest BCUT2D eigenvalue weighted by Crippen LogP contribution is 2.19. The predicted octanol–water partition coefficient (Wildman–Crippen LogP) is 0.910. The summed E-state index contributed by atoms with van der Waals surface area (Å²) in [5.41, 5.74) is -1.01. The van der Waals surface area contributed by atoms with Crippen LogP contribution < -0.4 is 5.32 Å². The van der Waals surface area contributed by atoms with E-state index in [-0.39, 0.29) is 5.56 Å². The van der Waals surface area contributed by atoms with Gasteiger partial charge in [0.15, 0.2) is 11.6 Å². The van der Waals surface area contributed by atoms with Crippen molar-refractivity contribution in [2.45, 2.75) is 6.04 Å². The van der Waals surface area contributed by atoms with Crippen LogP contribution in [0.2, 0.25) is 0 Å². The van der Waals surface area contributed by atoms with Gasteiger partial charge >= 0.3 is 17.9 Å². The van der Waals surface area contributed by atoms with Gasteiger partial charge < -0.3 is 19.9 Å². The molecule has 1 aromatic carbocycles. The largest absolute Gasteiger partial charge is 0.479 e. The van der Waals surface area contributed by atoms with Crippen molar-refractivity contribution in [2.24, 2.45) is 0 Å². The Morgan fingerprint density at radius 3 is 2.17 bits per heavy atom. The van der Waals surface area contributed by atoms with Crippen molar-refractivity contribution in [3.63, 3.8) is 0 Å². The molecule has 1 unspecified atom stereocenters. The SMILES string of the molecule is COC(=O)C(=CNC(C(=O)O)c1ccc(F)cc1F)C(=O)OC. The smallest absolute Gasteiger partial charge is 0.346 e. The van der Waals surface area contributed by atoms with Crippen LogP contribution in [0.1, 0.15) is 11.6 Å². The summed E-state index contributed by atoms with van der Waals surface area (Å²) in [7, 11) is 2.01. The Bertz CT molecular complexity index is 641. The topological polar surface area (TPSA) is 102 Å². The number of carbonyl (C=O) groups excluding carboxylic acids is 2. The maximum Gasteiger partial charge on any atom is 0.346 e. The number of methoxy groups -OCH3 is 2. The number of carbonyl (C=O) groups is 3. The van der Waals surface area contributed by atoms with Crippen LogP contribution in [-0.2, 0) is 23.9 Å². The van der Waals surface area contributed by atoms with Crippen LogP contribution in [0.4, 0.5) is 8.78 Å². The molecule has 0 aliphatic heterocycles. The Morgan fingerprint density at radius 1 is 1.17 bits per heavy atom. The van der Waals surface area contributed by atoms with E-state index < -0.39 is 41.2 Å². The number of rotatable bonds is 6. The van der Waals surface area contributed by atoms with E-state index in [1.54, 1.807) is 0 Å². The summed E-state index contributed by atoms with van der Waals surface area (Å²) < 4.78 is 35.3. The number of carboxylic acid groups (broad SMARTS) is 1. The van der Waals surface area contributed by atoms with Crippen molar-refractivity contribution in [1.82, 2.24) is 5.32 Å². The highest BCUT2D eigenvalue weighted by Gasteiger charge is 2.25. The van der Waals surface area contributed by atoms with Crippen LogP contribution in [0.3, 0.4) is 0 Å². The molecule has 0 fully saturated rings. The van der Waals surface area contributed by atoms with Gasteiger partial charge in [-0.05, 0) is 6.07 Å². The van der Waals surface area contributed by atoms with Gasteiger partial charge in [-0.3, -0.25) is 0 Å². The second-order valence-electron chi connectivity index (χ2n) is 4.14. The summed E-state index contributed by atoms with van der Waals surface area (Å²) >= 11 is 0. The molecule has 0 amide bonds. The third-order valence-corrected chi connectivity index (χ3v) is 2.73. The average Bonchev–Trinajstić information content (AvgIpc) is 2.51. The molecule has 0 bridgehead atoms. The van der Waals surface area contributed by atoms with Gasteiger partial charge in [-0.2, -0.15) is 0 Å². The van der Waals surface area contributed by atoms with E-state index in [1.165, 1.54) is 0 Å². The molecule has 1 rings (SSSR count). The zero-order valence-corrected chi connectivity index (χ0v) is 12.1. The zero-order chi connectivity index (χ0) is 17.6. The van der Waals surface area contributed by atoms with Crippen molar-refractivity contribution < 1.29 is 37.7 Å². The standard InChI is InChI=1S/C14H13F2NO6/c1-22-13(20)9(14(21)23-2)6-17-11(12(18)19)8-4-3-7(15)5-10(8)16/h3-6,11,17H,1-2H3,(H,18,19).